The summed E-state index contributed by atoms with van der Waals surface area (Å²) in [5, 5.41) is 0.833. The Hall–Kier alpha value is -2.34. The molecule has 28 heavy (non-hydrogen) atoms. The smallest absolute Gasteiger partial charge is 0.259 e. The van der Waals surface area contributed by atoms with E-state index < -0.39 is 0 Å². The molecule has 4 rings (SSSR count). The van der Waals surface area contributed by atoms with Gasteiger partial charge in [0.15, 0.2) is 0 Å². The number of anilines is 1. The van der Waals surface area contributed by atoms with Crippen molar-refractivity contribution in [2.24, 2.45) is 0 Å². The number of aromatic nitrogens is 1. The molecule has 2 aromatic rings. The fraction of sp³-hybridized carbons (Fsp3) is 0.409. The Labute approximate surface area is 170 Å². The van der Waals surface area contributed by atoms with E-state index in [9.17, 15) is 9.59 Å². The van der Waals surface area contributed by atoms with Gasteiger partial charge in [0.25, 0.3) is 5.91 Å². The van der Waals surface area contributed by atoms with Gasteiger partial charge in [0.2, 0.25) is 5.91 Å². The van der Waals surface area contributed by atoms with E-state index in [1.165, 1.54) is 24.6 Å². The van der Waals surface area contributed by atoms with E-state index >= 15 is 0 Å². The Kier molecular flexibility index (Phi) is 5.95. The summed E-state index contributed by atoms with van der Waals surface area (Å²) in [7, 11) is 0. The highest BCUT2D eigenvalue weighted by Crippen LogP contribution is 2.39. The van der Waals surface area contributed by atoms with Gasteiger partial charge in [0, 0.05) is 37.1 Å². The van der Waals surface area contributed by atoms with Crippen LogP contribution in [0.1, 0.15) is 48.9 Å². The van der Waals surface area contributed by atoms with Gasteiger partial charge < -0.3 is 9.80 Å². The largest absolute Gasteiger partial charge is 0.343 e. The summed E-state index contributed by atoms with van der Waals surface area (Å²) in [6, 6.07) is 11.5. The van der Waals surface area contributed by atoms with E-state index in [2.05, 4.69) is 4.98 Å². The number of fused-ring (bicyclic) bond motifs is 2. The highest BCUT2D eigenvalue weighted by molar-refractivity contribution is 7.99. The van der Waals surface area contributed by atoms with Crippen LogP contribution in [0.2, 0.25) is 0 Å². The van der Waals surface area contributed by atoms with Crippen molar-refractivity contribution in [1.82, 2.24) is 9.88 Å². The van der Waals surface area contributed by atoms with Crippen LogP contribution in [-0.2, 0) is 4.79 Å². The zero-order chi connectivity index (χ0) is 19.3. The third kappa shape index (κ3) is 4.07. The van der Waals surface area contributed by atoms with Crippen molar-refractivity contribution in [3.05, 3.63) is 48.2 Å². The lowest BCUT2D eigenvalue weighted by Gasteiger charge is -2.24. The number of pyridine rings is 1. The summed E-state index contributed by atoms with van der Waals surface area (Å²) >= 11 is 1.53. The summed E-state index contributed by atoms with van der Waals surface area (Å²) in [6.45, 7) is 2.27. The van der Waals surface area contributed by atoms with E-state index in [4.69, 9.17) is 0 Å². The molecule has 3 heterocycles. The van der Waals surface area contributed by atoms with Gasteiger partial charge in [-0.25, -0.2) is 4.98 Å². The maximum absolute atomic E-state index is 13.2. The van der Waals surface area contributed by atoms with Gasteiger partial charge in [0.1, 0.15) is 5.03 Å². The first-order chi connectivity index (χ1) is 13.7. The number of amides is 2. The van der Waals surface area contributed by atoms with Crippen LogP contribution in [0.5, 0.6) is 0 Å². The zero-order valence-corrected chi connectivity index (χ0v) is 16.8. The Morgan fingerprint density at radius 1 is 1.04 bits per heavy atom. The number of hydrogen-bond donors (Lipinski definition) is 0. The first kappa shape index (κ1) is 19.0. The molecule has 0 unspecified atom stereocenters. The molecule has 0 spiro atoms. The van der Waals surface area contributed by atoms with Crippen LogP contribution in [0.3, 0.4) is 0 Å². The molecule has 0 saturated carbocycles. The lowest BCUT2D eigenvalue weighted by atomic mass is 10.1. The Balaban J connectivity index is 1.48. The highest BCUT2D eigenvalue weighted by Gasteiger charge is 2.27. The van der Waals surface area contributed by atoms with Crippen LogP contribution >= 0.6 is 11.8 Å². The summed E-state index contributed by atoms with van der Waals surface area (Å²) in [4.78, 5) is 35.0. The molecule has 2 aliphatic rings. The average molecular weight is 396 g/mol. The van der Waals surface area contributed by atoms with Crippen molar-refractivity contribution >= 4 is 29.3 Å². The standard InChI is InChI=1S/C22H25N3O2S/c26-20(24-14-5-1-2-6-15-24)12-8-16-25-18-10-7-13-23-21(18)28-19-11-4-3-9-17(19)22(25)27/h3-4,7,9-11,13H,1-2,5-6,8,12,14-16H2. The molecule has 6 heteroatoms. The van der Waals surface area contributed by atoms with E-state index in [1.807, 2.05) is 41.3 Å². The normalized spacial score (nSPS) is 16.8. The van der Waals surface area contributed by atoms with Crippen LogP contribution in [0.25, 0.3) is 0 Å². The fourth-order valence-corrected chi connectivity index (χ4v) is 4.86. The third-order valence-electron chi connectivity index (χ3n) is 5.34. The van der Waals surface area contributed by atoms with Crippen LogP contribution in [0.4, 0.5) is 5.69 Å². The van der Waals surface area contributed by atoms with Crippen molar-refractivity contribution in [1.29, 1.82) is 0 Å². The maximum Gasteiger partial charge on any atom is 0.259 e. The number of hydrogen-bond acceptors (Lipinski definition) is 4. The lowest BCUT2D eigenvalue weighted by Crippen LogP contribution is -2.34. The molecule has 0 aliphatic carbocycles. The van der Waals surface area contributed by atoms with Crippen LogP contribution < -0.4 is 4.90 Å². The van der Waals surface area contributed by atoms with E-state index in [0.29, 0.717) is 24.9 Å². The molecular weight excluding hydrogens is 370 g/mol. The summed E-state index contributed by atoms with van der Waals surface area (Å²) in [6.07, 6.45) is 7.52. The van der Waals surface area contributed by atoms with Crippen molar-refractivity contribution in [3.63, 3.8) is 0 Å². The predicted molar refractivity (Wildman–Crippen MR) is 111 cm³/mol. The molecule has 0 radical (unpaired) electrons. The van der Waals surface area contributed by atoms with Gasteiger partial charge in [-0.1, -0.05) is 36.7 Å². The van der Waals surface area contributed by atoms with Crippen LogP contribution in [-0.4, -0.2) is 41.3 Å². The summed E-state index contributed by atoms with van der Waals surface area (Å²) in [5.41, 5.74) is 1.53. The quantitative estimate of drug-likeness (QED) is 0.771. The van der Waals surface area contributed by atoms with Gasteiger partial charge in [-0.3, -0.25) is 9.59 Å². The molecule has 5 nitrogen and oxygen atoms in total. The van der Waals surface area contributed by atoms with Gasteiger partial charge in [-0.05, 0) is 43.5 Å². The Bertz CT molecular complexity index is 862. The van der Waals surface area contributed by atoms with Crippen LogP contribution in [0.15, 0.2) is 52.5 Å². The van der Waals surface area contributed by atoms with Gasteiger partial charge >= 0.3 is 0 Å². The number of benzene rings is 1. The molecule has 0 bridgehead atoms. The number of nitrogens with zero attached hydrogens (tertiary/aromatic N) is 3. The molecule has 1 aromatic heterocycles. The maximum atomic E-state index is 13.2. The second kappa shape index (κ2) is 8.78. The predicted octanol–water partition coefficient (Wildman–Crippen LogP) is 4.38. The molecule has 0 atom stereocenters. The molecule has 1 saturated heterocycles. The molecule has 2 amide bonds. The van der Waals surface area contributed by atoms with E-state index in [-0.39, 0.29) is 11.8 Å². The highest BCUT2D eigenvalue weighted by atomic mass is 32.2. The first-order valence-corrected chi connectivity index (χ1v) is 10.9. The number of carbonyl (C=O) groups excluding carboxylic acids is 2. The first-order valence-electron chi connectivity index (χ1n) is 10.1. The van der Waals surface area contributed by atoms with Gasteiger partial charge in [-0.2, -0.15) is 0 Å². The minimum Gasteiger partial charge on any atom is -0.343 e. The van der Waals surface area contributed by atoms with E-state index in [1.54, 1.807) is 11.1 Å². The number of likely N-dealkylation sites (tertiary alicyclic amines) is 1. The van der Waals surface area contributed by atoms with Crippen molar-refractivity contribution in [2.75, 3.05) is 24.5 Å². The van der Waals surface area contributed by atoms with Crippen molar-refractivity contribution < 1.29 is 9.59 Å². The molecule has 2 aliphatic heterocycles. The molecule has 1 fully saturated rings. The van der Waals surface area contributed by atoms with Crippen LogP contribution in [0, 0.1) is 0 Å². The molecular formula is C22H25N3O2S. The second-order valence-electron chi connectivity index (χ2n) is 7.28. The number of carbonyl (C=O) groups is 2. The molecule has 0 N–H and O–H groups in total. The van der Waals surface area contributed by atoms with Gasteiger partial charge in [0.05, 0.1) is 11.3 Å². The minimum atomic E-state index is -0.0166. The average Bonchev–Trinajstić information content (AvgIpc) is 3.06. The molecule has 146 valence electrons. The summed E-state index contributed by atoms with van der Waals surface area (Å²) < 4.78 is 0. The Morgan fingerprint density at radius 3 is 2.64 bits per heavy atom. The molecule has 1 aromatic carbocycles. The SMILES string of the molecule is O=C(CCCN1C(=O)c2ccccc2Sc2ncccc21)N1CCCCCC1. The van der Waals surface area contributed by atoms with Crippen molar-refractivity contribution in [3.8, 4) is 0 Å². The monoisotopic (exact) mass is 395 g/mol. The lowest BCUT2D eigenvalue weighted by molar-refractivity contribution is -0.131. The third-order valence-corrected chi connectivity index (χ3v) is 6.43. The van der Waals surface area contributed by atoms with E-state index in [0.717, 1.165) is 41.5 Å². The fourth-order valence-electron chi connectivity index (χ4n) is 3.85. The minimum absolute atomic E-state index is 0.0166. The number of rotatable bonds is 4. The van der Waals surface area contributed by atoms with Gasteiger partial charge in [-0.15, -0.1) is 0 Å². The summed E-state index contributed by atoms with van der Waals surface area (Å²) in [5.74, 6) is 0.197. The zero-order valence-electron chi connectivity index (χ0n) is 16.0. The topological polar surface area (TPSA) is 53.5 Å². The van der Waals surface area contributed by atoms with Crippen molar-refractivity contribution in [2.45, 2.75) is 48.4 Å². The second-order valence-corrected chi connectivity index (χ2v) is 8.31. The Morgan fingerprint density at radius 2 is 1.82 bits per heavy atom.